The molecule has 1 aromatic carbocycles. The van der Waals surface area contributed by atoms with Crippen molar-refractivity contribution in [3.05, 3.63) is 24.3 Å². The van der Waals surface area contributed by atoms with Crippen LogP contribution in [0.1, 0.15) is 26.2 Å². The first-order valence-electron chi connectivity index (χ1n) is 7.13. The molecule has 0 amide bonds. The van der Waals surface area contributed by atoms with E-state index in [1.54, 1.807) is 0 Å². The predicted molar refractivity (Wildman–Crippen MR) is 83.6 cm³/mol. The van der Waals surface area contributed by atoms with Crippen LogP contribution in [-0.4, -0.2) is 33.3 Å². The fourth-order valence-electron chi connectivity index (χ4n) is 2.48. The molecule has 1 aromatic rings. The minimum Gasteiger partial charge on any atom is -0.372 e. The molecule has 1 saturated heterocycles. The fraction of sp³-hybridized carbons (Fsp3) is 0.571. The Morgan fingerprint density at radius 2 is 1.85 bits per heavy atom. The van der Waals surface area contributed by atoms with E-state index in [0.717, 1.165) is 18.8 Å². The van der Waals surface area contributed by atoms with Crippen LogP contribution in [0, 0.1) is 0 Å². The number of sulfonamides is 1. The molecular formula is C14H23N3O2S. The summed E-state index contributed by atoms with van der Waals surface area (Å²) in [6, 6.07) is 7.56. The number of rotatable bonds is 6. The van der Waals surface area contributed by atoms with Crippen molar-refractivity contribution in [2.75, 3.05) is 29.3 Å². The molecule has 0 saturated carbocycles. The van der Waals surface area contributed by atoms with Crippen molar-refractivity contribution in [2.24, 2.45) is 5.73 Å². The highest BCUT2D eigenvalue weighted by atomic mass is 32.2. The smallest absolute Gasteiger partial charge is 0.236 e. The van der Waals surface area contributed by atoms with Gasteiger partial charge in [0.15, 0.2) is 0 Å². The molecule has 0 spiro atoms. The van der Waals surface area contributed by atoms with E-state index in [1.807, 2.05) is 31.2 Å². The average Bonchev–Trinajstić information content (AvgIpc) is 2.94. The van der Waals surface area contributed by atoms with Crippen molar-refractivity contribution in [2.45, 2.75) is 31.4 Å². The zero-order valence-electron chi connectivity index (χ0n) is 11.9. The zero-order chi connectivity index (χ0) is 14.6. The van der Waals surface area contributed by atoms with E-state index in [1.165, 1.54) is 12.8 Å². The normalized spacial score (nSPS) is 17.2. The molecule has 1 fully saturated rings. The molecule has 0 radical (unpaired) electrons. The lowest BCUT2D eigenvalue weighted by Crippen LogP contribution is -2.33. The molecule has 0 aliphatic carbocycles. The summed E-state index contributed by atoms with van der Waals surface area (Å²) < 4.78 is 26.8. The summed E-state index contributed by atoms with van der Waals surface area (Å²) in [5, 5.41) is -0.541. The molecule has 2 rings (SSSR count). The molecule has 5 nitrogen and oxygen atoms in total. The monoisotopic (exact) mass is 297 g/mol. The Kier molecular flexibility index (Phi) is 4.88. The Morgan fingerprint density at radius 3 is 2.35 bits per heavy atom. The lowest BCUT2D eigenvalue weighted by molar-refractivity contribution is 0.581. The van der Waals surface area contributed by atoms with Crippen LogP contribution in [0.4, 0.5) is 11.4 Å². The van der Waals surface area contributed by atoms with Crippen molar-refractivity contribution in [1.82, 2.24) is 0 Å². The highest BCUT2D eigenvalue weighted by Gasteiger charge is 2.22. The molecule has 1 aliphatic heterocycles. The number of nitrogens with zero attached hydrogens (tertiary/aromatic N) is 1. The Morgan fingerprint density at radius 1 is 1.25 bits per heavy atom. The van der Waals surface area contributed by atoms with Gasteiger partial charge in [-0.2, -0.15) is 0 Å². The number of hydrogen-bond donors (Lipinski definition) is 2. The first-order valence-corrected chi connectivity index (χ1v) is 8.68. The third-order valence-electron chi connectivity index (χ3n) is 3.76. The number of anilines is 2. The molecule has 1 atom stereocenters. The summed E-state index contributed by atoms with van der Waals surface area (Å²) in [5.74, 6) is 0. The molecule has 1 unspecified atom stereocenters. The first kappa shape index (κ1) is 15.1. The van der Waals surface area contributed by atoms with Crippen LogP contribution in [0.5, 0.6) is 0 Å². The number of nitrogens with two attached hydrogens (primary N) is 1. The SMILES string of the molecule is CCC(CN)S(=O)(=O)Nc1ccc(N2CCCC2)cc1. The zero-order valence-corrected chi connectivity index (χ0v) is 12.7. The quantitative estimate of drug-likeness (QED) is 0.839. The second-order valence-corrected chi connectivity index (χ2v) is 7.11. The first-order chi connectivity index (χ1) is 9.56. The number of nitrogens with one attached hydrogen (secondary N) is 1. The largest absolute Gasteiger partial charge is 0.372 e. The van der Waals surface area contributed by atoms with E-state index in [2.05, 4.69) is 9.62 Å². The Balaban J connectivity index is 2.06. The maximum absolute atomic E-state index is 12.1. The van der Waals surface area contributed by atoms with Gasteiger partial charge in [0.25, 0.3) is 0 Å². The van der Waals surface area contributed by atoms with E-state index in [4.69, 9.17) is 5.73 Å². The van der Waals surface area contributed by atoms with Gasteiger partial charge in [-0.25, -0.2) is 8.42 Å². The van der Waals surface area contributed by atoms with Crippen LogP contribution in [0.3, 0.4) is 0 Å². The predicted octanol–water partition coefficient (Wildman–Crippen LogP) is 1.77. The fourth-order valence-corrected chi connectivity index (χ4v) is 3.80. The Hall–Kier alpha value is -1.27. The highest BCUT2D eigenvalue weighted by Crippen LogP contribution is 2.23. The molecule has 0 bridgehead atoms. The van der Waals surface area contributed by atoms with Crippen LogP contribution in [-0.2, 0) is 10.0 Å². The highest BCUT2D eigenvalue weighted by molar-refractivity contribution is 7.93. The van der Waals surface area contributed by atoms with Gasteiger partial charge in [-0.05, 0) is 43.5 Å². The summed E-state index contributed by atoms with van der Waals surface area (Å²) in [4.78, 5) is 2.31. The molecule has 112 valence electrons. The van der Waals surface area contributed by atoms with Gasteiger partial charge in [0.05, 0.1) is 5.25 Å². The summed E-state index contributed by atoms with van der Waals surface area (Å²) >= 11 is 0. The van der Waals surface area contributed by atoms with Crippen molar-refractivity contribution in [1.29, 1.82) is 0 Å². The molecule has 1 aliphatic rings. The van der Waals surface area contributed by atoms with E-state index in [-0.39, 0.29) is 6.54 Å². The van der Waals surface area contributed by atoms with Crippen LogP contribution in [0.2, 0.25) is 0 Å². The minimum absolute atomic E-state index is 0.137. The van der Waals surface area contributed by atoms with Crippen molar-refractivity contribution < 1.29 is 8.42 Å². The second kappa shape index (κ2) is 6.45. The van der Waals surface area contributed by atoms with Gasteiger partial charge < -0.3 is 10.6 Å². The summed E-state index contributed by atoms with van der Waals surface area (Å²) in [7, 11) is -3.40. The molecule has 20 heavy (non-hydrogen) atoms. The standard InChI is InChI=1S/C14H23N3O2S/c1-2-14(11-15)20(18,19)16-12-5-7-13(8-6-12)17-9-3-4-10-17/h5-8,14,16H,2-4,9-11,15H2,1H3. The van der Waals surface area contributed by atoms with Crippen LogP contribution in [0.25, 0.3) is 0 Å². The van der Waals surface area contributed by atoms with Crippen LogP contribution >= 0.6 is 0 Å². The molecule has 1 heterocycles. The van der Waals surface area contributed by atoms with E-state index < -0.39 is 15.3 Å². The molecule has 3 N–H and O–H groups in total. The number of hydrogen-bond acceptors (Lipinski definition) is 4. The lowest BCUT2D eigenvalue weighted by Gasteiger charge is -2.19. The minimum atomic E-state index is -3.40. The van der Waals surface area contributed by atoms with Gasteiger partial charge in [-0.15, -0.1) is 0 Å². The molecular weight excluding hydrogens is 274 g/mol. The molecule has 6 heteroatoms. The van der Waals surface area contributed by atoms with Crippen molar-refractivity contribution >= 4 is 21.4 Å². The third kappa shape index (κ3) is 3.43. The third-order valence-corrected chi connectivity index (χ3v) is 5.68. The summed E-state index contributed by atoms with van der Waals surface area (Å²) in [6.45, 7) is 4.12. The van der Waals surface area contributed by atoms with E-state index >= 15 is 0 Å². The van der Waals surface area contributed by atoms with Gasteiger partial charge in [-0.1, -0.05) is 6.92 Å². The Labute approximate surface area is 121 Å². The average molecular weight is 297 g/mol. The van der Waals surface area contributed by atoms with Gasteiger partial charge in [0.1, 0.15) is 0 Å². The van der Waals surface area contributed by atoms with Crippen LogP contribution in [0.15, 0.2) is 24.3 Å². The number of benzene rings is 1. The van der Waals surface area contributed by atoms with Gasteiger partial charge in [0, 0.05) is 31.0 Å². The van der Waals surface area contributed by atoms with E-state index in [9.17, 15) is 8.42 Å². The molecule has 0 aromatic heterocycles. The van der Waals surface area contributed by atoms with Crippen molar-refractivity contribution in [3.63, 3.8) is 0 Å². The second-order valence-electron chi connectivity index (χ2n) is 5.15. The summed E-state index contributed by atoms with van der Waals surface area (Å²) in [5.41, 5.74) is 7.25. The van der Waals surface area contributed by atoms with Crippen LogP contribution < -0.4 is 15.4 Å². The van der Waals surface area contributed by atoms with E-state index in [0.29, 0.717) is 12.1 Å². The van der Waals surface area contributed by atoms with Gasteiger partial charge in [-0.3, -0.25) is 4.72 Å². The Bertz CT molecular complexity index is 518. The van der Waals surface area contributed by atoms with Crippen molar-refractivity contribution in [3.8, 4) is 0 Å². The summed E-state index contributed by atoms with van der Waals surface area (Å²) in [6.07, 6.45) is 2.96. The maximum atomic E-state index is 12.1. The van der Waals surface area contributed by atoms with Gasteiger partial charge >= 0.3 is 0 Å². The van der Waals surface area contributed by atoms with Gasteiger partial charge in [0.2, 0.25) is 10.0 Å². The lowest BCUT2D eigenvalue weighted by atomic mass is 10.2. The maximum Gasteiger partial charge on any atom is 0.236 e. The topological polar surface area (TPSA) is 75.4 Å².